The van der Waals surface area contributed by atoms with Crippen molar-refractivity contribution in [1.82, 2.24) is 0 Å². The first kappa shape index (κ1) is 9.36. The Morgan fingerprint density at radius 3 is 2.71 bits per heavy atom. The van der Waals surface area contributed by atoms with Crippen molar-refractivity contribution in [3.63, 3.8) is 0 Å². The molecule has 14 heavy (non-hydrogen) atoms. The third-order valence-corrected chi connectivity index (χ3v) is 1.91. The first-order chi connectivity index (χ1) is 6.49. The second-order valence-electron chi connectivity index (χ2n) is 2.53. The predicted octanol–water partition coefficient (Wildman–Crippen LogP) is 2.45. The highest BCUT2D eigenvalue weighted by Gasteiger charge is 2.41. The van der Waals surface area contributed by atoms with Crippen molar-refractivity contribution < 1.29 is 14.4 Å². The number of hydrogen-bond donors (Lipinski definition) is 0. The van der Waals surface area contributed by atoms with Crippen LogP contribution in [0.5, 0.6) is 11.5 Å². The van der Waals surface area contributed by atoms with E-state index in [0.29, 0.717) is 0 Å². The molecule has 2 rings (SSSR count). The van der Waals surface area contributed by atoms with Crippen LogP contribution in [-0.2, 0) is 0 Å². The highest BCUT2D eigenvalue weighted by molar-refractivity contribution is 6.46. The van der Waals surface area contributed by atoms with Crippen LogP contribution in [0.3, 0.4) is 0 Å². The van der Waals surface area contributed by atoms with Crippen LogP contribution in [0.1, 0.15) is 0 Å². The Labute approximate surface area is 88.3 Å². The molecule has 0 atom stereocenters. The molecule has 1 aromatic rings. The van der Waals surface area contributed by atoms with E-state index in [1.54, 1.807) is 0 Å². The zero-order valence-corrected chi connectivity index (χ0v) is 8.08. The maximum absolute atomic E-state index is 10.6. The number of para-hydroxylation sites is 1. The summed E-state index contributed by atoms with van der Waals surface area (Å²) in [4.78, 5) is 9.96. The number of ether oxygens (including phenoxy) is 2. The third kappa shape index (κ3) is 1.44. The number of rotatable bonds is 1. The van der Waals surface area contributed by atoms with E-state index in [0.717, 1.165) is 0 Å². The van der Waals surface area contributed by atoms with Crippen molar-refractivity contribution in [2.75, 3.05) is 0 Å². The molecule has 0 radical (unpaired) electrons. The van der Waals surface area contributed by atoms with Crippen molar-refractivity contribution in [3.05, 3.63) is 28.3 Å². The fourth-order valence-corrected chi connectivity index (χ4v) is 1.42. The molecule has 0 fully saturated rings. The fraction of sp³-hybridized carbons (Fsp3) is 0.143. The van der Waals surface area contributed by atoms with E-state index in [9.17, 15) is 10.1 Å². The summed E-state index contributed by atoms with van der Waals surface area (Å²) >= 11 is 11.0. The van der Waals surface area contributed by atoms with Crippen LogP contribution < -0.4 is 9.47 Å². The van der Waals surface area contributed by atoms with Crippen LogP contribution in [0.25, 0.3) is 0 Å². The van der Waals surface area contributed by atoms with Crippen LogP contribution in [0.4, 0.5) is 5.69 Å². The highest BCUT2D eigenvalue weighted by atomic mass is 35.5. The van der Waals surface area contributed by atoms with E-state index in [-0.39, 0.29) is 17.2 Å². The van der Waals surface area contributed by atoms with Gasteiger partial charge >= 0.3 is 10.4 Å². The molecule has 0 spiro atoms. The van der Waals surface area contributed by atoms with Gasteiger partial charge in [0, 0.05) is 6.07 Å². The van der Waals surface area contributed by atoms with Gasteiger partial charge in [0.05, 0.1) is 4.92 Å². The largest absolute Gasteiger partial charge is 0.423 e. The van der Waals surface area contributed by atoms with Crippen molar-refractivity contribution in [3.8, 4) is 11.5 Å². The summed E-state index contributed by atoms with van der Waals surface area (Å²) in [6.07, 6.45) is 0. The number of nitro groups is 1. The van der Waals surface area contributed by atoms with E-state index < -0.39 is 9.63 Å². The Balaban J connectivity index is 2.52. The van der Waals surface area contributed by atoms with Gasteiger partial charge < -0.3 is 9.47 Å². The zero-order valence-electron chi connectivity index (χ0n) is 6.57. The molecule has 5 nitrogen and oxygen atoms in total. The van der Waals surface area contributed by atoms with Gasteiger partial charge in [0.2, 0.25) is 5.75 Å². The number of nitrogens with zero attached hydrogens (tertiary/aromatic N) is 1. The lowest BCUT2D eigenvalue weighted by atomic mass is 10.3. The third-order valence-electron chi connectivity index (χ3n) is 1.60. The normalized spacial score (nSPS) is 16.7. The van der Waals surface area contributed by atoms with Crippen LogP contribution in [0, 0.1) is 10.1 Å². The summed E-state index contributed by atoms with van der Waals surface area (Å²) in [5.74, 6) is 0.103. The lowest BCUT2D eigenvalue weighted by Gasteiger charge is -2.09. The van der Waals surface area contributed by atoms with Crippen LogP contribution in [-0.4, -0.2) is 9.63 Å². The van der Waals surface area contributed by atoms with Crippen molar-refractivity contribution >= 4 is 28.9 Å². The molecule has 1 heterocycles. The molecule has 1 aromatic carbocycles. The van der Waals surface area contributed by atoms with Gasteiger partial charge in [-0.1, -0.05) is 6.07 Å². The predicted molar refractivity (Wildman–Crippen MR) is 48.8 cm³/mol. The smallest absolute Gasteiger partial charge is 0.420 e. The molecule has 1 aliphatic rings. The van der Waals surface area contributed by atoms with Crippen molar-refractivity contribution in [2.45, 2.75) is 4.71 Å². The fourth-order valence-electron chi connectivity index (χ4n) is 1.10. The summed E-state index contributed by atoms with van der Waals surface area (Å²) in [5, 5.41) is 10.6. The zero-order chi connectivity index (χ0) is 10.3. The number of halogens is 2. The molecule has 7 heteroatoms. The Hall–Kier alpha value is -1.20. The summed E-state index contributed by atoms with van der Waals surface area (Å²) in [5.41, 5.74) is -0.231. The van der Waals surface area contributed by atoms with Gasteiger partial charge in [0.25, 0.3) is 0 Å². The standard InChI is InChI=1S/C7H3Cl2NO4/c8-7(9)13-5-3-1-2-4(10(11)12)6(5)14-7/h1-3H. The lowest BCUT2D eigenvalue weighted by Crippen LogP contribution is -2.23. The monoisotopic (exact) mass is 235 g/mol. The van der Waals surface area contributed by atoms with Gasteiger partial charge in [-0.05, 0) is 29.3 Å². The number of hydrogen-bond acceptors (Lipinski definition) is 4. The summed E-state index contributed by atoms with van der Waals surface area (Å²) in [7, 11) is 0. The topological polar surface area (TPSA) is 61.6 Å². The van der Waals surface area contributed by atoms with Crippen LogP contribution in [0.15, 0.2) is 18.2 Å². The maximum Gasteiger partial charge on any atom is 0.420 e. The molecule has 0 unspecified atom stereocenters. The minimum absolute atomic E-state index is 0.0532. The summed E-state index contributed by atoms with van der Waals surface area (Å²) in [6, 6.07) is 4.21. The second-order valence-corrected chi connectivity index (χ2v) is 3.72. The molecular weight excluding hydrogens is 233 g/mol. The van der Waals surface area contributed by atoms with Gasteiger partial charge in [0.1, 0.15) is 0 Å². The maximum atomic E-state index is 10.6. The molecular formula is C7H3Cl2NO4. The number of benzene rings is 1. The van der Waals surface area contributed by atoms with E-state index in [1.807, 2.05) is 0 Å². The Kier molecular flexibility index (Phi) is 1.94. The number of alkyl halides is 2. The van der Waals surface area contributed by atoms with Gasteiger partial charge in [-0.25, -0.2) is 0 Å². The molecule has 0 bridgehead atoms. The van der Waals surface area contributed by atoms with Crippen LogP contribution >= 0.6 is 23.2 Å². The number of fused-ring (bicyclic) bond motifs is 1. The molecule has 0 aliphatic carbocycles. The average Bonchev–Trinajstić information content (AvgIpc) is 2.36. The Morgan fingerprint density at radius 2 is 2.07 bits per heavy atom. The second kappa shape index (κ2) is 2.90. The molecule has 0 aromatic heterocycles. The van der Waals surface area contributed by atoms with Gasteiger partial charge in [-0.3, -0.25) is 10.1 Å². The average molecular weight is 236 g/mol. The minimum Gasteiger partial charge on any atom is -0.423 e. The molecule has 0 saturated carbocycles. The van der Waals surface area contributed by atoms with E-state index in [2.05, 4.69) is 0 Å². The number of nitro benzene ring substituents is 1. The minimum atomic E-state index is -1.88. The molecule has 0 amide bonds. The molecule has 1 aliphatic heterocycles. The SMILES string of the molecule is O=[N+]([O-])c1cccc2c1OC(Cl)(Cl)O2. The first-order valence-electron chi connectivity index (χ1n) is 3.53. The lowest BCUT2D eigenvalue weighted by molar-refractivity contribution is -0.385. The van der Waals surface area contributed by atoms with Crippen LogP contribution in [0.2, 0.25) is 0 Å². The van der Waals surface area contributed by atoms with Gasteiger partial charge in [-0.2, -0.15) is 0 Å². The molecule has 0 saturated heterocycles. The quantitative estimate of drug-likeness (QED) is 0.426. The van der Waals surface area contributed by atoms with Crippen molar-refractivity contribution in [1.29, 1.82) is 0 Å². The molecule has 0 N–H and O–H groups in total. The highest BCUT2D eigenvalue weighted by Crippen LogP contribution is 2.48. The summed E-state index contributed by atoms with van der Waals surface area (Å²) < 4.78 is 7.86. The Morgan fingerprint density at radius 1 is 1.36 bits per heavy atom. The Bertz CT molecular complexity index is 407. The van der Waals surface area contributed by atoms with E-state index >= 15 is 0 Å². The van der Waals surface area contributed by atoms with Gasteiger partial charge in [-0.15, -0.1) is 0 Å². The molecule has 74 valence electrons. The first-order valence-corrected chi connectivity index (χ1v) is 4.28. The van der Waals surface area contributed by atoms with E-state index in [4.69, 9.17) is 32.7 Å². The summed E-state index contributed by atoms with van der Waals surface area (Å²) in [6.45, 7) is 0. The van der Waals surface area contributed by atoms with Gasteiger partial charge in [0.15, 0.2) is 5.75 Å². The van der Waals surface area contributed by atoms with E-state index in [1.165, 1.54) is 18.2 Å². The van der Waals surface area contributed by atoms with Crippen molar-refractivity contribution in [2.24, 2.45) is 0 Å².